The van der Waals surface area contributed by atoms with Gasteiger partial charge >= 0.3 is 6.01 Å². The number of aromatic nitrogens is 2. The van der Waals surface area contributed by atoms with Gasteiger partial charge in [-0.25, -0.2) is 4.98 Å². The van der Waals surface area contributed by atoms with Crippen LogP contribution in [0.1, 0.15) is 24.0 Å². The molecule has 0 radical (unpaired) electrons. The van der Waals surface area contributed by atoms with Crippen LogP contribution in [-0.2, 0) is 0 Å². The zero-order valence-electron chi connectivity index (χ0n) is 13.4. The van der Waals surface area contributed by atoms with Gasteiger partial charge in [-0.05, 0) is 24.3 Å². The predicted octanol–water partition coefficient (Wildman–Crippen LogP) is 2.66. The Bertz CT molecular complexity index is 1030. The SMILES string of the molecule is CC1c2c(N)cc3nc(Oc4cccc(C#N)c4)ncc3c2OC1N. The van der Waals surface area contributed by atoms with Crippen LogP contribution in [0.4, 0.5) is 5.69 Å². The van der Waals surface area contributed by atoms with Gasteiger partial charge in [0.1, 0.15) is 11.5 Å². The average molecular weight is 333 g/mol. The average Bonchev–Trinajstić information content (AvgIpc) is 2.91. The summed E-state index contributed by atoms with van der Waals surface area (Å²) in [5.41, 5.74) is 14.7. The molecular formula is C18H15N5O2. The molecule has 1 aromatic heterocycles. The minimum absolute atomic E-state index is 0.00375. The first-order valence-electron chi connectivity index (χ1n) is 7.76. The van der Waals surface area contributed by atoms with Crippen molar-refractivity contribution >= 4 is 16.6 Å². The monoisotopic (exact) mass is 333 g/mol. The molecule has 4 rings (SSSR count). The van der Waals surface area contributed by atoms with Gasteiger partial charge in [0.05, 0.1) is 22.5 Å². The summed E-state index contributed by atoms with van der Waals surface area (Å²) in [6.07, 6.45) is 1.20. The molecule has 0 saturated heterocycles. The van der Waals surface area contributed by atoms with Gasteiger partial charge in [0.15, 0.2) is 6.23 Å². The zero-order valence-corrected chi connectivity index (χ0v) is 13.4. The number of nitrogens with zero attached hydrogens (tertiary/aromatic N) is 3. The lowest BCUT2D eigenvalue weighted by Crippen LogP contribution is -2.27. The Morgan fingerprint density at radius 3 is 2.96 bits per heavy atom. The molecule has 124 valence electrons. The number of hydrogen-bond donors (Lipinski definition) is 2. The van der Waals surface area contributed by atoms with Gasteiger partial charge in [0, 0.05) is 23.4 Å². The summed E-state index contributed by atoms with van der Waals surface area (Å²) in [6.45, 7) is 1.97. The molecule has 4 N–H and O–H groups in total. The smallest absolute Gasteiger partial charge is 0.322 e. The molecule has 2 unspecified atom stereocenters. The van der Waals surface area contributed by atoms with Crippen LogP contribution < -0.4 is 20.9 Å². The summed E-state index contributed by atoms with van der Waals surface area (Å²) in [6, 6.07) is 10.8. The van der Waals surface area contributed by atoms with Gasteiger partial charge in [0.2, 0.25) is 0 Å². The number of nitrogens with two attached hydrogens (primary N) is 2. The quantitative estimate of drug-likeness (QED) is 0.692. The molecule has 7 heteroatoms. The van der Waals surface area contributed by atoms with E-state index in [0.717, 1.165) is 10.9 Å². The van der Waals surface area contributed by atoms with E-state index in [1.807, 2.05) is 6.92 Å². The molecule has 2 heterocycles. The molecule has 0 bridgehead atoms. The Morgan fingerprint density at radius 1 is 1.32 bits per heavy atom. The molecule has 0 fully saturated rings. The van der Waals surface area contributed by atoms with E-state index < -0.39 is 6.23 Å². The van der Waals surface area contributed by atoms with Crippen molar-refractivity contribution in [3.63, 3.8) is 0 Å². The van der Waals surface area contributed by atoms with Crippen LogP contribution in [0, 0.1) is 11.3 Å². The second-order valence-corrected chi connectivity index (χ2v) is 5.91. The van der Waals surface area contributed by atoms with Crippen molar-refractivity contribution < 1.29 is 9.47 Å². The molecule has 3 aromatic rings. The molecule has 0 aliphatic carbocycles. The van der Waals surface area contributed by atoms with Crippen molar-refractivity contribution in [1.82, 2.24) is 9.97 Å². The number of nitrogen functional groups attached to an aromatic ring is 1. The fourth-order valence-corrected chi connectivity index (χ4v) is 2.95. The third-order valence-electron chi connectivity index (χ3n) is 4.26. The molecule has 2 aromatic carbocycles. The summed E-state index contributed by atoms with van der Waals surface area (Å²) in [4.78, 5) is 8.63. The molecule has 0 amide bonds. The molecule has 1 aliphatic rings. The first-order chi connectivity index (χ1) is 12.1. The molecule has 0 saturated carbocycles. The summed E-state index contributed by atoms with van der Waals surface area (Å²) < 4.78 is 11.4. The van der Waals surface area contributed by atoms with Crippen LogP contribution >= 0.6 is 0 Å². The standard InChI is InChI=1S/C18H15N5O2/c1-9-15-13(20)6-14-12(16(15)25-17(9)21)8-22-18(23-14)24-11-4-2-3-10(5-11)7-19/h2-6,8-9,17H,20-21H2,1H3. The number of anilines is 1. The zero-order chi connectivity index (χ0) is 17.6. The summed E-state index contributed by atoms with van der Waals surface area (Å²) >= 11 is 0. The summed E-state index contributed by atoms with van der Waals surface area (Å²) in [5, 5.41) is 9.70. The lowest BCUT2D eigenvalue weighted by Gasteiger charge is -2.09. The van der Waals surface area contributed by atoms with E-state index in [2.05, 4.69) is 16.0 Å². The van der Waals surface area contributed by atoms with Crippen molar-refractivity contribution in [2.45, 2.75) is 19.1 Å². The Hall–Kier alpha value is -3.37. The maximum absolute atomic E-state index is 8.96. The predicted molar refractivity (Wildman–Crippen MR) is 92.2 cm³/mol. The van der Waals surface area contributed by atoms with Crippen LogP contribution in [0.15, 0.2) is 36.5 Å². The molecule has 0 spiro atoms. The van der Waals surface area contributed by atoms with Gasteiger partial charge in [-0.2, -0.15) is 10.2 Å². The number of ether oxygens (including phenoxy) is 2. The number of nitriles is 1. The van der Waals surface area contributed by atoms with E-state index >= 15 is 0 Å². The number of fused-ring (bicyclic) bond motifs is 3. The highest BCUT2D eigenvalue weighted by atomic mass is 16.5. The highest BCUT2D eigenvalue weighted by molar-refractivity contribution is 5.91. The van der Waals surface area contributed by atoms with E-state index in [1.54, 1.807) is 36.5 Å². The fourth-order valence-electron chi connectivity index (χ4n) is 2.95. The van der Waals surface area contributed by atoms with Crippen molar-refractivity contribution in [3.05, 3.63) is 47.7 Å². The summed E-state index contributed by atoms with van der Waals surface area (Å²) in [7, 11) is 0. The first kappa shape index (κ1) is 15.2. The lowest BCUT2D eigenvalue weighted by molar-refractivity contribution is 0.221. The summed E-state index contributed by atoms with van der Waals surface area (Å²) in [5.74, 6) is 1.12. The highest BCUT2D eigenvalue weighted by Crippen LogP contribution is 2.44. The third kappa shape index (κ3) is 2.49. The van der Waals surface area contributed by atoms with Crippen LogP contribution in [0.2, 0.25) is 0 Å². The van der Waals surface area contributed by atoms with Crippen molar-refractivity contribution in [1.29, 1.82) is 5.26 Å². The van der Waals surface area contributed by atoms with Gasteiger partial charge in [-0.15, -0.1) is 0 Å². The Morgan fingerprint density at radius 2 is 2.16 bits per heavy atom. The van der Waals surface area contributed by atoms with Crippen LogP contribution in [0.25, 0.3) is 10.9 Å². The highest BCUT2D eigenvalue weighted by Gasteiger charge is 2.32. The van der Waals surface area contributed by atoms with Crippen molar-refractivity contribution in [2.75, 3.05) is 5.73 Å². The first-order valence-corrected chi connectivity index (χ1v) is 7.76. The largest absolute Gasteiger partial charge is 0.474 e. The van der Waals surface area contributed by atoms with E-state index in [1.165, 1.54) is 0 Å². The topological polar surface area (TPSA) is 120 Å². The fraction of sp³-hybridized carbons (Fsp3) is 0.167. The molecule has 7 nitrogen and oxygen atoms in total. The second kappa shape index (κ2) is 5.61. The minimum Gasteiger partial charge on any atom is -0.474 e. The molecule has 1 aliphatic heterocycles. The van der Waals surface area contributed by atoms with Crippen LogP contribution in [0.5, 0.6) is 17.5 Å². The van der Waals surface area contributed by atoms with Crippen molar-refractivity contribution in [2.24, 2.45) is 5.73 Å². The van der Waals surface area contributed by atoms with E-state index in [-0.39, 0.29) is 11.9 Å². The maximum Gasteiger partial charge on any atom is 0.322 e. The Kier molecular flexibility index (Phi) is 3.41. The van der Waals surface area contributed by atoms with E-state index in [0.29, 0.717) is 28.3 Å². The molecular weight excluding hydrogens is 318 g/mol. The van der Waals surface area contributed by atoms with Gasteiger partial charge in [-0.1, -0.05) is 13.0 Å². The minimum atomic E-state index is -0.437. The van der Waals surface area contributed by atoms with E-state index in [9.17, 15) is 0 Å². The molecule has 2 atom stereocenters. The Balaban J connectivity index is 1.76. The maximum atomic E-state index is 8.96. The molecule has 25 heavy (non-hydrogen) atoms. The number of hydrogen-bond acceptors (Lipinski definition) is 7. The van der Waals surface area contributed by atoms with Crippen molar-refractivity contribution in [3.8, 4) is 23.6 Å². The number of benzene rings is 2. The van der Waals surface area contributed by atoms with Crippen LogP contribution in [-0.4, -0.2) is 16.2 Å². The second-order valence-electron chi connectivity index (χ2n) is 5.91. The number of rotatable bonds is 2. The van der Waals surface area contributed by atoms with Crippen LogP contribution in [0.3, 0.4) is 0 Å². The third-order valence-corrected chi connectivity index (χ3v) is 4.26. The van der Waals surface area contributed by atoms with Gasteiger partial charge in [0.25, 0.3) is 0 Å². The lowest BCUT2D eigenvalue weighted by atomic mass is 9.98. The van der Waals surface area contributed by atoms with E-state index in [4.69, 9.17) is 26.2 Å². The van der Waals surface area contributed by atoms with Gasteiger partial charge in [-0.3, -0.25) is 5.73 Å². The van der Waals surface area contributed by atoms with Gasteiger partial charge < -0.3 is 15.2 Å². The Labute approximate surface area is 143 Å². The normalized spacial score (nSPS) is 18.4.